The first-order valence-electron chi connectivity index (χ1n) is 41.4. The molecule has 0 saturated carbocycles. The normalized spacial score (nSPS) is 14.7. The number of phosphoric ester groups is 2. The molecule has 0 saturated heterocycles. The molecule has 19 heteroatoms. The van der Waals surface area contributed by atoms with E-state index in [-0.39, 0.29) is 25.7 Å². The Labute approximate surface area is 654 Å². The summed E-state index contributed by atoms with van der Waals surface area (Å²) in [5.74, 6) is -2.38. The zero-order chi connectivity index (χ0) is 78.9. The minimum absolute atomic E-state index is 0.0133. The fourth-order valence-electron chi connectivity index (χ4n) is 10.4. The van der Waals surface area contributed by atoms with Gasteiger partial charge in [0.2, 0.25) is 0 Å². The number of unbranched alkanes of at least 4 members (excludes halogenated alkanes) is 22. The Hall–Kier alpha value is -5.58. The minimum Gasteiger partial charge on any atom is -0.462 e. The van der Waals surface area contributed by atoms with Gasteiger partial charge in [0, 0.05) is 25.7 Å². The number of carbonyl (C=O) groups is 4. The Kier molecular flexibility index (Phi) is 75.4. The van der Waals surface area contributed by atoms with Crippen molar-refractivity contribution in [1.82, 2.24) is 0 Å². The Bertz CT molecular complexity index is 2710. The molecule has 5 atom stereocenters. The fourth-order valence-corrected chi connectivity index (χ4v) is 12.0. The van der Waals surface area contributed by atoms with E-state index in [0.29, 0.717) is 38.5 Å². The monoisotopic (exact) mass is 1550 g/mol. The summed E-state index contributed by atoms with van der Waals surface area (Å²) in [6, 6.07) is 0. The Balaban J connectivity index is 5.53. The Morgan fingerprint density at radius 2 is 0.509 bits per heavy atom. The Morgan fingerprint density at radius 3 is 0.843 bits per heavy atom. The van der Waals surface area contributed by atoms with Gasteiger partial charge in [-0.25, -0.2) is 9.13 Å². The van der Waals surface area contributed by atoms with Gasteiger partial charge >= 0.3 is 39.5 Å². The molecule has 0 aromatic heterocycles. The maximum Gasteiger partial charge on any atom is 0.472 e. The molecule has 0 bridgehead atoms. The standard InChI is InChI=1S/C89H146O17P2/c1-5-9-13-17-21-25-29-33-36-39-41-44-46-50-54-58-62-66-70-74-87(92)100-80-85(106-89(94)76-72-68-64-60-56-52-48-45-42-40-37-34-30-26-22-18-14-10-6-2)82-104-108(97,98)102-78-83(90)77-101-107(95,96)103-81-84(79-99-86(91)73-69-65-61-57-53-49-32-28-24-20-16-12-8-4)105-88(93)75-71-67-63-59-55-51-47-43-38-35-31-27-23-19-15-11-7-3/h9,13,21-23,25-27,33-38,41-42,44-45,47,50-52,54,56,59,63-64,68,83-85,90H,5-8,10-12,14-20,24,28-32,39-40,43,46,48-49,53,55,57-58,60-62,65-67,69-82H2,1-4H3,(H,95,96)(H,97,98)/b13-9-,25-21-,26-22-,27-23-,36-33-,37-34-,38-35-,44-41-,45-42-,51-47-,54-50-,56-52-,63-59-,68-64-/t83-,84+,85+/m0/s1. The van der Waals surface area contributed by atoms with Crippen molar-refractivity contribution < 1.29 is 80.2 Å². The first kappa shape index (κ1) is 102. The van der Waals surface area contributed by atoms with Gasteiger partial charge in [-0.05, 0) is 148 Å². The fraction of sp³-hybridized carbons (Fsp3) is 0.640. The number of aliphatic hydroxyl groups is 1. The molecule has 0 aliphatic rings. The molecule has 0 amide bonds. The molecule has 0 aliphatic carbocycles. The summed E-state index contributed by atoms with van der Waals surface area (Å²) in [7, 11) is -10.0. The molecule has 0 aromatic carbocycles. The van der Waals surface area contributed by atoms with Gasteiger partial charge in [-0.15, -0.1) is 0 Å². The lowest BCUT2D eigenvalue weighted by Gasteiger charge is -2.21. The number of allylic oxidation sites excluding steroid dienone is 28. The van der Waals surface area contributed by atoms with Gasteiger partial charge in [0.05, 0.1) is 26.4 Å². The minimum atomic E-state index is -5.02. The zero-order valence-electron chi connectivity index (χ0n) is 67.2. The van der Waals surface area contributed by atoms with Gasteiger partial charge < -0.3 is 33.8 Å². The summed E-state index contributed by atoms with van der Waals surface area (Å²) >= 11 is 0. The van der Waals surface area contributed by atoms with E-state index in [1.165, 1.54) is 89.9 Å². The molecule has 0 radical (unpaired) electrons. The smallest absolute Gasteiger partial charge is 0.462 e. The third-order valence-corrected chi connectivity index (χ3v) is 18.6. The van der Waals surface area contributed by atoms with E-state index >= 15 is 0 Å². The highest BCUT2D eigenvalue weighted by Crippen LogP contribution is 2.45. The molecule has 0 aliphatic heterocycles. The van der Waals surface area contributed by atoms with Crippen LogP contribution in [0.4, 0.5) is 0 Å². The van der Waals surface area contributed by atoms with E-state index in [0.717, 1.165) is 128 Å². The molecule has 17 nitrogen and oxygen atoms in total. The number of carbonyl (C=O) groups excluding carboxylic acids is 4. The molecular weight excluding hydrogens is 1400 g/mol. The van der Waals surface area contributed by atoms with Crippen LogP contribution in [0.15, 0.2) is 170 Å². The summed E-state index contributed by atoms with van der Waals surface area (Å²) in [6.07, 6.45) is 94.9. The molecule has 0 heterocycles. The summed E-state index contributed by atoms with van der Waals surface area (Å²) in [6.45, 7) is 4.52. The highest BCUT2D eigenvalue weighted by Gasteiger charge is 2.30. The van der Waals surface area contributed by atoms with E-state index in [4.69, 9.17) is 37.0 Å². The van der Waals surface area contributed by atoms with Crippen molar-refractivity contribution in [3.63, 3.8) is 0 Å². The quantitative estimate of drug-likeness (QED) is 0.0169. The van der Waals surface area contributed by atoms with Crippen molar-refractivity contribution in [2.45, 2.75) is 329 Å². The average Bonchev–Trinajstić information content (AvgIpc) is 0.897. The van der Waals surface area contributed by atoms with Crippen LogP contribution in [0.3, 0.4) is 0 Å². The lowest BCUT2D eigenvalue weighted by Crippen LogP contribution is -2.30. The maximum absolute atomic E-state index is 13.1. The van der Waals surface area contributed by atoms with Crippen LogP contribution in [0.2, 0.25) is 0 Å². The van der Waals surface area contributed by atoms with Crippen LogP contribution in [0.5, 0.6) is 0 Å². The van der Waals surface area contributed by atoms with E-state index < -0.39 is 97.5 Å². The number of rotatable bonds is 76. The Morgan fingerprint density at radius 1 is 0.269 bits per heavy atom. The second-order valence-corrected chi connectivity index (χ2v) is 29.9. The lowest BCUT2D eigenvalue weighted by molar-refractivity contribution is -0.161. The van der Waals surface area contributed by atoms with Gasteiger partial charge in [-0.1, -0.05) is 307 Å². The molecule has 0 rings (SSSR count). The second kappa shape index (κ2) is 79.5. The van der Waals surface area contributed by atoms with E-state index in [1.54, 1.807) is 0 Å². The van der Waals surface area contributed by atoms with Crippen molar-refractivity contribution >= 4 is 39.5 Å². The summed E-state index contributed by atoms with van der Waals surface area (Å²) in [4.78, 5) is 73.1. The number of aliphatic hydroxyl groups excluding tert-OH is 1. The predicted molar refractivity (Wildman–Crippen MR) is 445 cm³/mol. The summed E-state index contributed by atoms with van der Waals surface area (Å²) in [5, 5.41) is 10.7. The largest absolute Gasteiger partial charge is 0.472 e. The van der Waals surface area contributed by atoms with E-state index in [9.17, 15) is 43.2 Å². The first-order valence-corrected chi connectivity index (χ1v) is 44.4. The van der Waals surface area contributed by atoms with Gasteiger partial charge in [0.15, 0.2) is 12.2 Å². The van der Waals surface area contributed by atoms with Crippen LogP contribution in [0.1, 0.15) is 310 Å². The SMILES string of the molecule is CC/C=C\C/C=C\C/C=C\C/C=C\C/C=C\CCCCCC(=O)OC[C@H](COP(=O)(O)OC[C@@H](O)COP(=O)(O)OC[C@@H](COC(=O)CCCCCCCCCCCCCCC)OC(=O)CCC/C=C\C/C=C\C/C=C\C/C=C\CCCCC)OC(=O)CC/C=C\C/C=C\C/C=C\C/C=C\C/C=C\CCCCC. The number of esters is 4. The van der Waals surface area contributed by atoms with Crippen LogP contribution in [0, 0.1) is 0 Å². The number of phosphoric acid groups is 2. The molecular formula is C89H146O17P2. The van der Waals surface area contributed by atoms with Crippen LogP contribution in [0.25, 0.3) is 0 Å². The van der Waals surface area contributed by atoms with Crippen LogP contribution in [-0.2, 0) is 65.4 Å². The van der Waals surface area contributed by atoms with Crippen molar-refractivity contribution in [1.29, 1.82) is 0 Å². The second-order valence-electron chi connectivity index (χ2n) is 27.0. The van der Waals surface area contributed by atoms with Crippen LogP contribution < -0.4 is 0 Å². The summed E-state index contributed by atoms with van der Waals surface area (Å²) < 4.78 is 68.5. The highest BCUT2D eigenvalue weighted by molar-refractivity contribution is 7.47. The molecule has 3 N–H and O–H groups in total. The molecule has 0 aromatic rings. The van der Waals surface area contributed by atoms with E-state index in [1.807, 2.05) is 30.4 Å². The maximum atomic E-state index is 13.1. The van der Waals surface area contributed by atoms with Gasteiger partial charge in [0.1, 0.15) is 19.3 Å². The van der Waals surface area contributed by atoms with Gasteiger partial charge in [-0.3, -0.25) is 37.3 Å². The van der Waals surface area contributed by atoms with Gasteiger partial charge in [-0.2, -0.15) is 0 Å². The first-order chi connectivity index (χ1) is 52.7. The van der Waals surface area contributed by atoms with Crippen LogP contribution >= 0.6 is 15.6 Å². The third-order valence-electron chi connectivity index (χ3n) is 16.7. The predicted octanol–water partition coefficient (Wildman–Crippen LogP) is 24.6. The van der Waals surface area contributed by atoms with Crippen LogP contribution in [-0.4, -0.2) is 96.7 Å². The van der Waals surface area contributed by atoms with Crippen molar-refractivity contribution in [3.8, 4) is 0 Å². The average molecular weight is 1550 g/mol. The van der Waals surface area contributed by atoms with Crippen molar-refractivity contribution in [2.24, 2.45) is 0 Å². The highest BCUT2D eigenvalue weighted by atomic mass is 31.2. The molecule has 2 unspecified atom stereocenters. The number of hydrogen-bond acceptors (Lipinski definition) is 15. The third kappa shape index (κ3) is 78.5. The number of hydrogen-bond donors (Lipinski definition) is 3. The molecule has 0 spiro atoms. The zero-order valence-corrected chi connectivity index (χ0v) is 69.0. The summed E-state index contributed by atoms with van der Waals surface area (Å²) in [5.41, 5.74) is 0. The molecule has 108 heavy (non-hydrogen) atoms. The van der Waals surface area contributed by atoms with Gasteiger partial charge in [0.25, 0.3) is 0 Å². The number of ether oxygens (including phenoxy) is 4. The van der Waals surface area contributed by atoms with Crippen molar-refractivity contribution in [2.75, 3.05) is 39.6 Å². The van der Waals surface area contributed by atoms with Crippen molar-refractivity contribution in [3.05, 3.63) is 170 Å². The lowest BCUT2D eigenvalue weighted by atomic mass is 10.0. The topological polar surface area (TPSA) is 237 Å². The molecule has 614 valence electrons. The van der Waals surface area contributed by atoms with E-state index in [2.05, 4.69) is 167 Å². The molecule has 0 fully saturated rings.